The standard InChI is InChI=1S/C21H24N2O2S/c1-3-5-19(24)22-17-10-8-16(9-11-17)21-23(20(25)14-26-21)18-12-6-15(4-2)7-13-18/h6-13,21H,3-5,14H2,1-2H3,(H,22,24). The zero-order valence-electron chi connectivity index (χ0n) is 15.2. The first-order valence-corrected chi connectivity index (χ1v) is 10.1. The minimum atomic E-state index is -0.0321. The van der Waals surface area contributed by atoms with Crippen molar-refractivity contribution >= 4 is 35.0 Å². The molecule has 1 fully saturated rings. The maximum atomic E-state index is 12.4. The number of thioether (sulfide) groups is 1. The second kappa shape index (κ2) is 8.41. The van der Waals surface area contributed by atoms with Crippen molar-refractivity contribution in [2.45, 2.75) is 38.5 Å². The van der Waals surface area contributed by atoms with Gasteiger partial charge in [0.2, 0.25) is 11.8 Å². The van der Waals surface area contributed by atoms with Gasteiger partial charge in [-0.2, -0.15) is 0 Å². The van der Waals surface area contributed by atoms with E-state index >= 15 is 0 Å². The number of hydrogen-bond acceptors (Lipinski definition) is 3. The van der Waals surface area contributed by atoms with Gasteiger partial charge in [-0.3, -0.25) is 14.5 Å². The summed E-state index contributed by atoms with van der Waals surface area (Å²) in [5.41, 5.74) is 4.05. The van der Waals surface area contributed by atoms with Crippen LogP contribution in [0, 0.1) is 0 Å². The highest BCUT2D eigenvalue weighted by Gasteiger charge is 2.33. The van der Waals surface area contributed by atoms with Crippen LogP contribution < -0.4 is 10.2 Å². The molecule has 0 aromatic heterocycles. The van der Waals surface area contributed by atoms with Crippen molar-refractivity contribution in [1.29, 1.82) is 0 Å². The third kappa shape index (κ3) is 4.10. The Morgan fingerprint density at radius 3 is 2.42 bits per heavy atom. The summed E-state index contributed by atoms with van der Waals surface area (Å²) in [6, 6.07) is 16.0. The van der Waals surface area contributed by atoms with Crippen molar-refractivity contribution in [2.75, 3.05) is 16.0 Å². The maximum Gasteiger partial charge on any atom is 0.238 e. The van der Waals surface area contributed by atoms with E-state index in [4.69, 9.17) is 0 Å². The number of carbonyl (C=O) groups is 2. The second-order valence-corrected chi connectivity index (χ2v) is 7.44. The highest BCUT2D eigenvalue weighted by Crippen LogP contribution is 2.41. The van der Waals surface area contributed by atoms with Crippen molar-refractivity contribution < 1.29 is 9.59 Å². The second-order valence-electron chi connectivity index (χ2n) is 6.37. The molecule has 26 heavy (non-hydrogen) atoms. The predicted molar refractivity (Wildman–Crippen MR) is 108 cm³/mol. The number of anilines is 2. The summed E-state index contributed by atoms with van der Waals surface area (Å²) in [4.78, 5) is 26.0. The lowest BCUT2D eigenvalue weighted by atomic mass is 10.1. The Balaban J connectivity index is 1.78. The topological polar surface area (TPSA) is 49.4 Å². The predicted octanol–water partition coefficient (Wildman–Crippen LogP) is 4.77. The number of amides is 2. The first kappa shape index (κ1) is 18.5. The van der Waals surface area contributed by atoms with Crippen LogP contribution in [-0.4, -0.2) is 17.6 Å². The molecule has 0 spiro atoms. The lowest BCUT2D eigenvalue weighted by Gasteiger charge is -2.24. The Bertz CT molecular complexity index is 772. The summed E-state index contributed by atoms with van der Waals surface area (Å²) in [6.07, 6.45) is 2.34. The molecule has 1 heterocycles. The Labute approximate surface area is 159 Å². The van der Waals surface area contributed by atoms with Gasteiger partial charge in [0.25, 0.3) is 0 Å². The van der Waals surface area contributed by atoms with Crippen LogP contribution in [0.1, 0.15) is 43.2 Å². The molecule has 136 valence electrons. The molecule has 2 amide bonds. The Kier molecular flexibility index (Phi) is 5.99. The van der Waals surface area contributed by atoms with Gasteiger partial charge in [0.05, 0.1) is 5.75 Å². The van der Waals surface area contributed by atoms with E-state index in [0.717, 1.165) is 29.8 Å². The summed E-state index contributed by atoms with van der Waals surface area (Å²) >= 11 is 1.63. The van der Waals surface area contributed by atoms with Crippen LogP contribution in [0.4, 0.5) is 11.4 Å². The summed E-state index contributed by atoms with van der Waals surface area (Å²) in [5, 5.41) is 2.87. The van der Waals surface area contributed by atoms with Crippen molar-refractivity contribution in [3.63, 3.8) is 0 Å². The van der Waals surface area contributed by atoms with E-state index in [0.29, 0.717) is 12.2 Å². The van der Waals surface area contributed by atoms with Gasteiger partial charge in [0.15, 0.2) is 0 Å². The molecule has 3 rings (SSSR count). The molecular formula is C21H24N2O2S. The number of benzene rings is 2. The van der Waals surface area contributed by atoms with Crippen LogP contribution in [-0.2, 0) is 16.0 Å². The molecule has 0 bridgehead atoms. The molecule has 1 atom stereocenters. The highest BCUT2D eigenvalue weighted by atomic mass is 32.2. The molecule has 4 nitrogen and oxygen atoms in total. The molecule has 1 aliphatic rings. The number of nitrogens with one attached hydrogen (secondary N) is 1. The third-order valence-corrected chi connectivity index (χ3v) is 5.66. The van der Waals surface area contributed by atoms with Crippen molar-refractivity contribution in [2.24, 2.45) is 0 Å². The molecule has 0 aliphatic carbocycles. The van der Waals surface area contributed by atoms with E-state index in [1.165, 1.54) is 5.56 Å². The van der Waals surface area contributed by atoms with E-state index in [1.54, 1.807) is 11.8 Å². The van der Waals surface area contributed by atoms with Gasteiger partial charge in [-0.1, -0.05) is 38.1 Å². The van der Waals surface area contributed by atoms with Gasteiger partial charge in [-0.05, 0) is 48.2 Å². The first-order chi connectivity index (χ1) is 12.6. The summed E-state index contributed by atoms with van der Waals surface area (Å²) in [5.74, 6) is 0.641. The van der Waals surface area contributed by atoms with Gasteiger partial charge in [-0.25, -0.2) is 0 Å². The zero-order chi connectivity index (χ0) is 18.5. The lowest BCUT2D eigenvalue weighted by molar-refractivity contribution is -0.116. The summed E-state index contributed by atoms with van der Waals surface area (Å²) in [7, 11) is 0. The average molecular weight is 369 g/mol. The van der Waals surface area contributed by atoms with Gasteiger partial charge in [0, 0.05) is 17.8 Å². The molecule has 5 heteroatoms. The van der Waals surface area contributed by atoms with E-state index < -0.39 is 0 Å². The van der Waals surface area contributed by atoms with Crippen molar-refractivity contribution in [1.82, 2.24) is 0 Å². The maximum absolute atomic E-state index is 12.4. The first-order valence-electron chi connectivity index (χ1n) is 9.04. The lowest BCUT2D eigenvalue weighted by Crippen LogP contribution is -2.27. The number of aryl methyl sites for hydroxylation is 1. The fourth-order valence-corrected chi connectivity index (χ4v) is 4.20. The van der Waals surface area contributed by atoms with Gasteiger partial charge < -0.3 is 5.32 Å². The Morgan fingerprint density at radius 2 is 1.81 bits per heavy atom. The van der Waals surface area contributed by atoms with Gasteiger partial charge >= 0.3 is 0 Å². The van der Waals surface area contributed by atoms with E-state index in [9.17, 15) is 9.59 Å². The molecule has 1 saturated heterocycles. The van der Waals surface area contributed by atoms with Crippen LogP contribution in [0.15, 0.2) is 48.5 Å². The third-order valence-electron chi connectivity index (χ3n) is 4.45. The number of hydrogen-bond donors (Lipinski definition) is 1. The van der Waals surface area contributed by atoms with Crippen molar-refractivity contribution in [3.05, 3.63) is 59.7 Å². The molecule has 2 aromatic carbocycles. The van der Waals surface area contributed by atoms with Crippen LogP contribution in [0.5, 0.6) is 0 Å². The number of nitrogens with zero attached hydrogens (tertiary/aromatic N) is 1. The largest absolute Gasteiger partial charge is 0.326 e. The van der Waals surface area contributed by atoms with Crippen LogP contribution in [0.3, 0.4) is 0 Å². The summed E-state index contributed by atoms with van der Waals surface area (Å²) < 4.78 is 0. The van der Waals surface area contributed by atoms with E-state index in [1.807, 2.05) is 48.2 Å². The Hall–Kier alpha value is -2.27. The smallest absolute Gasteiger partial charge is 0.238 e. The highest BCUT2D eigenvalue weighted by molar-refractivity contribution is 8.00. The van der Waals surface area contributed by atoms with Crippen molar-refractivity contribution in [3.8, 4) is 0 Å². The molecule has 0 saturated carbocycles. The fourth-order valence-electron chi connectivity index (χ4n) is 3.02. The molecular weight excluding hydrogens is 344 g/mol. The van der Waals surface area contributed by atoms with Gasteiger partial charge in [0.1, 0.15) is 5.37 Å². The van der Waals surface area contributed by atoms with Crippen LogP contribution >= 0.6 is 11.8 Å². The monoisotopic (exact) mass is 368 g/mol. The quantitative estimate of drug-likeness (QED) is 0.799. The molecule has 0 radical (unpaired) electrons. The average Bonchev–Trinajstić information content (AvgIpc) is 3.04. The van der Waals surface area contributed by atoms with Crippen LogP contribution in [0.2, 0.25) is 0 Å². The minimum Gasteiger partial charge on any atom is -0.326 e. The zero-order valence-corrected chi connectivity index (χ0v) is 16.0. The minimum absolute atomic E-state index is 0.0308. The van der Waals surface area contributed by atoms with Gasteiger partial charge in [-0.15, -0.1) is 11.8 Å². The van der Waals surface area contributed by atoms with E-state index in [2.05, 4.69) is 24.4 Å². The normalized spacial score (nSPS) is 16.8. The number of carbonyl (C=O) groups excluding carboxylic acids is 2. The summed E-state index contributed by atoms with van der Waals surface area (Å²) in [6.45, 7) is 4.11. The fraction of sp³-hybridized carbons (Fsp3) is 0.333. The van der Waals surface area contributed by atoms with Crippen LogP contribution in [0.25, 0.3) is 0 Å². The molecule has 1 aliphatic heterocycles. The van der Waals surface area contributed by atoms with E-state index in [-0.39, 0.29) is 17.2 Å². The Morgan fingerprint density at radius 1 is 1.12 bits per heavy atom. The number of rotatable bonds is 6. The molecule has 2 aromatic rings. The molecule has 1 N–H and O–H groups in total. The molecule has 1 unspecified atom stereocenters. The SMILES string of the molecule is CCCC(=O)Nc1ccc(C2SCC(=O)N2c2ccc(CC)cc2)cc1.